The van der Waals surface area contributed by atoms with Crippen molar-refractivity contribution in [3.8, 4) is 0 Å². The molecule has 0 nitrogen and oxygen atoms in total. The van der Waals surface area contributed by atoms with E-state index in [1.54, 1.807) is 0 Å². The molecule has 1 heterocycles. The maximum Gasteiger partial charge on any atom is 1.00 e. The second kappa shape index (κ2) is 4.57. The van der Waals surface area contributed by atoms with E-state index in [4.69, 9.17) is 0 Å². The Morgan fingerprint density at radius 1 is 1.75 bits per heavy atom. The first-order chi connectivity index (χ1) is 3.43. The van der Waals surface area contributed by atoms with Gasteiger partial charge in [-0.3, -0.25) is 0 Å². The molecule has 0 bridgehead atoms. The van der Waals surface area contributed by atoms with E-state index < -0.39 is 0 Å². The van der Waals surface area contributed by atoms with Crippen LogP contribution in [0.5, 0.6) is 0 Å². The monoisotopic (exact) mass is 136 g/mol. The third kappa shape index (κ3) is 2.31. The molecule has 0 aliphatic heterocycles. The van der Waals surface area contributed by atoms with Crippen molar-refractivity contribution >= 4 is 11.3 Å². The molecule has 2 heteroatoms. The van der Waals surface area contributed by atoms with Crippen molar-refractivity contribution in [2.75, 3.05) is 0 Å². The summed E-state index contributed by atoms with van der Waals surface area (Å²) >= 11 is 1.82. The molecular formula is C6H9NaS. The van der Waals surface area contributed by atoms with E-state index in [1.807, 2.05) is 11.3 Å². The van der Waals surface area contributed by atoms with Gasteiger partial charge in [-0.05, 0) is 17.9 Å². The molecule has 0 aromatic carbocycles. The minimum Gasteiger partial charge on any atom is -1.00 e. The van der Waals surface area contributed by atoms with Crippen LogP contribution in [0.2, 0.25) is 0 Å². The Bertz CT molecular complexity index is 128. The fraction of sp³-hybridized carbons (Fsp3) is 0.333. The molecule has 0 unspecified atom stereocenters. The van der Waals surface area contributed by atoms with Crippen molar-refractivity contribution in [2.24, 2.45) is 0 Å². The van der Waals surface area contributed by atoms with E-state index in [0.717, 1.165) is 0 Å². The Morgan fingerprint density at radius 2 is 2.50 bits per heavy atom. The van der Waals surface area contributed by atoms with E-state index in [1.165, 1.54) is 11.3 Å². The third-order valence-corrected chi connectivity index (χ3v) is 1.95. The fourth-order valence-corrected chi connectivity index (χ4v) is 1.17. The van der Waals surface area contributed by atoms with E-state index in [9.17, 15) is 0 Å². The van der Waals surface area contributed by atoms with E-state index >= 15 is 0 Å². The van der Waals surface area contributed by atoms with Gasteiger partial charge in [0.1, 0.15) is 0 Å². The van der Waals surface area contributed by atoms with Crippen molar-refractivity contribution < 1.29 is 31.0 Å². The van der Waals surface area contributed by atoms with Crippen LogP contribution < -0.4 is 29.6 Å². The van der Waals surface area contributed by atoms with Crippen LogP contribution in [0.3, 0.4) is 0 Å². The summed E-state index contributed by atoms with van der Waals surface area (Å²) in [6, 6.07) is 4.24. The molecule has 0 N–H and O–H groups in total. The van der Waals surface area contributed by atoms with E-state index in [2.05, 4.69) is 24.4 Å². The van der Waals surface area contributed by atoms with Gasteiger partial charge in [0.15, 0.2) is 0 Å². The number of aryl methyl sites for hydroxylation is 1. The van der Waals surface area contributed by atoms with Gasteiger partial charge in [0, 0.05) is 4.88 Å². The van der Waals surface area contributed by atoms with Crippen molar-refractivity contribution in [1.29, 1.82) is 0 Å². The number of hydrogen-bond acceptors (Lipinski definition) is 1. The van der Waals surface area contributed by atoms with Crippen LogP contribution in [0.25, 0.3) is 0 Å². The molecule has 40 valence electrons. The average Bonchev–Trinajstić information content (AvgIpc) is 2.14. The van der Waals surface area contributed by atoms with Gasteiger partial charge >= 0.3 is 29.6 Å². The molecule has 0 spiro atoms. The molecule has 0 saturated carbocycles. The van der Waals surface area contributed by atoms with Gasteiger partial charge < -0.3 is 1.43 Å². The van der Waals surface area contributed by atoms with Crippen LogP contribution in [0.4, 0.5) is 0 Å². The van der Waals surface area contributed by atoms with Gasteiger partial charge in [0.05, 0.1) is 0 Å². The Morgan fingerprint density at radius 3 is 2.75 bits per heavy atom. The summed E-state index contributed by atoms with van der Waals surface area (Å²) in [6.45, 7) is 2.17. The zero-order valence-corrected chi connectivity index (χ0v) is 8.16. The first kappa shape index (κ1) is 8.70. The summed E-state index contributed by atoms with van der Waals surface area (Å²) in [5.41, 5.74) is 0. The first-order valence-corrected chi connectivity index (χ1v) is 3.34. The van der Waals surface area contributed by atoms with Gasteiger partial charge in [-0.2, -0.15) is 0 Å². The molecule has 0 aliphatic rings. The van der Waals surface area contributed by atoms with Crippen molar-refractivity contribution in [3.63, 3.8) is 0 Å². The summed E-state index contributed by atoms with van der Waals surface area (Å²) in [5.74, 6) is 0. The van der Waals surface area contributed by atoms with Crippen molar-refractivity contribution in [3.05, 3.63) is 22.4 Å². The molecule has 0 fully saturated rings. The largest absolute Gasteiger partial charge is 1.00 e. The van der Waals surface area contributed by atoms with Gasteiger partial charge in [0.2, 0.25) is 0 Å². The number of thiophene rings is 1. The van der Waals surface area contributed by atoms with Crippen LogP contribution >= 0.6 is 11.3 Å². The molecular weight excluding hydrogens is 127 g/mol. The molecule has 1 aromatic heterocycles. The normalized spacial score (nSPS) is 8.12. The van der Waals surface area contributed by atoms with Crippen LogP contribution in [-0.4, -0.2) is 0 Å². The molecule has 0 amide bonds. The van der Waals surface area contributed by atoms with E-state index in [0.29, 0.717) is 0 Å². The smallest absolute Gasteiger partial charge is 1.00 e. The number of hydrogen-bond donors (Lipinski definition) is 0. The van der Waals surface area contributed by atoms with Crippen molar-refractivity contribution in [2.45, 2.75) is 13.3 Å². The predicted molar refractivity (Wildman–Crippen MR) is 34.8 cm³/mol. The Hall–Kier alpha value is 0.700. The van der Waals surface area contributed by atoms with Crippen molar-refractivity contribution in [1.82, 2.24) is 0 Å². The third-order valence-electron chi connectivity index (χ3n) is 0.929. The van der Waals surface area contributed by atoms with Crippen LogP contribution in [-0.2, 0) is 6.42 Å². The second-order valence-electron chi connectivity index (χ2n) is 1.43. The molecule has 0 atom stereocenters. The molecule has 0 radical (unpaired) electrons. The topological polar surface area (TPSA) is 0 Å². The second-order valence-corrected chi connectivity index (χ2v) is 2.47. The van der Waals surface area contributed by atoms with Gasteiger partial charge in [-0.15, -0.1) is 11.3 Å². The summed E-state index contributed by atoms with van der Waals surface area (Å²) in [4.78, 5) is 1.47. The minimum atomic E-state index is 0. The fourth-order valence-electron chi connectivity index (χ4n) is 0.514. The Kier molecular flexibility index (Phi) is 4.97. The van der Waals surface area contributed by atoms with Gasteiger partial charge in [0.25, 0.3) is 0 Å². The van der Waals surface area contributed by atoms with E-state index in [-0.39, 0.29) is 31.0 Å². The zero-order valence-electron chi connectivity index (χ0n) is 6.35. The molecule has 8 heavy (non-hydrogen) atoms. The molecule has 1 rings (SSSR count). The Balaban J connectivity index is 0. The average molecular weight is 136 g/mol. The first-order valence-electron chi connectivity index (χ1n) is 2.46. The molecule has 0 saturated heterocycles. The quantitative estimate of drug-likeness (QED) is 0.453. The maximum absolute atomic E-state index is 2.17. The SMILES string of the molecule is CCc1cccs1.[H-].[Na+]. The summed E-state index contributed by atoms with van der Waals surface area (Å²) in [6.07, 6.45) is 1.18. The van der Waals surface area contributed by atoms with Crippen LogP contribution in [0, 0.1) is 0 Å². The number of rotatable bonds is 1. The Labute approximate surface area is 77.7 Å². The summed E-state index contributed by atoms with van der Waals surface area (Å²) in [5, 5.41) is 2.11. The van der Waals surface area contributed by atoms with Gasteiger partial charge in [-0.1, -0.05) is 13.0 Å². The summed E-state index contributed by atoms with van der Waals surface area (Å²) in [7, 11) is 0. The molecule has 1 aromatic rings. The predicted octanol–water partition coefficient (Wildman–Crippen LogP) is -0.573. The molecule has 0 aliphatic carbocycles. The maximum atomic E-state index is 2.17. The van der Waals surface area contributed by atoms with Crippen LogP contribution in [0.1, 0.15) is 13.2 Å². The zero-order chi connectivity index (χ0) is 5.11. The standard InChI is InChI=1S/C6H8S.Na.H/c1-2-6-4-3-5-7-6;;/h3-5H,2H2,1H3;;/q;+1;-1. The minimum absolute atomic E-state index is 0. The van der Waals surface area contributed by atoms with Gasteiger partial charge in [-0.25, -0.2) is 0 Å². The van der Waals surface area contributed by atoms with Crippen LogP contribution in [0.15, 0.2) is 17.5 Å². The summed E-state index contributed by atoms with van der Waals surface area (Å²) < 4.78 is 0.